The van der Waals surface area contributed by atoms with E-state index < -0.39 is 23.8 Å². The maximum Gasteiger partial charge on any atom is 0.212 e. The van der Waals surface area contributed by atoms with E-state index in [1.807, 2.05) is 104 Å². The van der Waals surface area contributed by atoms with E-state index in [0.29, 0.717) is 6.61 Å². The van der Waals surface area contributed by atoms with Crippen LogP contribution in [0.2, 0.25) is 0 Å². The maximum atomic E-state index is 12.7. The van der Waals surface area contributed by atoms with E-state index in [9.17, 15) is 17.6 Å². The standard InChI is InChI=1S/C16H18FNO.C15H16FNO.C14H14FNO.C13H12FNO/c1-2-3-4-11-19-15-8-5-13(6-9-15)14-7-10-16(17)18-12-14;1-2-3-10-18-14-7-4-12(5-8-14)13-6-9-15(16)17-11-13;1-2-9-17-13-6-3-11(4-7-13)12-5-8-14(15)16-10-12;1-2-16-12-6-3-10(4-7-12)11-5-8-13(14)15-9-11/h5-10,12H,2-4,11H2,1H3;4-9,11H,2-3,10H2,1H3;3-8,10H,2,9H2,1H3;3-9H,2H2,1H3. The highest BCUT2D eigenvalue weighted by atomic mass is 19.1. The number of nitrogens with zero attached hydrogens (tertiary/aromatic N) is 4. The van der Waals surface area contributed by atoms with Crippen LogP contribution >= 0.6 is 0 Å². The van der Waals surface area contributed by atoms with Gasteiger partial charge in [-0.1, -0.05) is 88.6 Å². The van der Waals surface area contributed by atoms with Gasteiger partial charge in [0, 0.05) is 47.0 Å². The van der Waals surface area contributed by atoms with Gasteiger partial charge in [0.2, 0.25) is 23.8 Å². The van der Waals surface area contributed by atoms with Gasteiger partial charge in [0.15, 0.2) is 0 Å². The maximum absolute atomic E-state index is 12.7. The van der Waals surface area contributed by atoms with Crippen molar-refractivity contribution in [2.45, 2.75) is 66.2 Å². The molecule has 0 unspecified atom stereocenters. The van der Waals surface area contributed by atoms with Gasteiger partial charge in [-0.05, 0) is 146 Å². The molecule has 8 nitrogen and oxygen atoms in total. The number of unbranched alkanes of at least 4 members (excludes halogenated alkanes) is 3. The van der Waals surface area contributed by atoms with Crippen LogP contribution < -0.4 is 18.9 Å². The molecule has 0 fully saturated rings. The van der Waals surface area contributed by atoms with E-state index in [4.69, 9.17) is 18.9 Å². The predicted molar refractivity (Wildman–Crippen MR) is 271 cm³/mol. The molecule has 0 aliphatic carbocycles. The number of hydrogen-bond donors (Lipinski definition) is 0. The minimum atomic E-state index is -0.463. The van der Waals surface area contributed by atoms with Gasteiger partial charge >= 0.3 is 0 Å². The van der Waals surface area contributed by atoms with Crippen LogP contribution in [0, 0.1) is 23.8 Å². The molecular formula is C58H60F4N4O4. The minimum absolute atomic E-state index is 0.459. The van der Waals surface area contributed by atoms with Crippen LogP contribution in [0.5, 0.6) is 23.0 Å². The predicted octanol–water partition coefficient (Wildman–Crippen LogP) is 15.5. The van der Waals surface area contributed by atoms with E-state index >= 15 is 0 Å². The Morgan fingerprint density at radius 2 is 0.557 bits per heavy atom. The Kier molecular flexibility index (Phi) is 22.9. The highest BCUT2D eigenvalue weighted by Crippen LogP contribution is 2.25. The highest BCUT2D eigenvalue weighted by molar-refractivity contribution is 5.65. The van der Waals surface area contributed by atoms with Crippen molar-refractivity contribution in [1.82, 2.24) is 19.9 Å². The number of ether oxygens (including phenoxy) is 4. The van der Waals surface area contributed by atoms with E-state index in [1.54, 1.807) is 24.3 Å². The van der Waals surface area contributed by atoms with E-state index in [-0.39, 0.29) is 0 Å². The first-order chi connectivity index (χ1) is 34.2. The zero-order valence-electron chi connectivity index (χ0n) is 40.2. The molecule has 0 saturated heterocycles. The van der Waals surface area contributed by atoms with Crippen LogP contribution in [0.3, 0.4) is 0 Å². The summed E-state index contributed by atoms with van der Waals surface area (Å²) in [7, 11) is 0. The Labute approximate surface area is 409 Å². The molecule has 70 heavy (non-hydrogen) atoms. The molecule has 4 aromatic carbocycles. The van der Waals surface area contributed by atoms with Crippen molar-refractivity contribution in [2.24, 2.45) is 0 Å². The zero-order valence-corrected chi connectivity index (χ0v) is 40.2. The summed E-state index contributed by atoms with van der Waals surface area (Å²) in [5.41, 5.74) is 7.60. The average molecular weight is 953 g/mol. The summed E-state index contributed by atoms with van der Waals surface area (Å²) in [5.74, 6) is 1.58. The number of pyridine rings is 4. The van der Waals surface area contributed by atoms with Gasteiger partial charge in [-0.25, -0.2) is 19.9 Å². The number of aromatic nitrogens is 4. The van der Waals surface area contributed by atoms with E-state index in [1.165, 1.54) is 61.9 Å². The van der Waals surface area contributed by atoms with Gasteiger partial charge < -0.3 is 18.9 Å². The number of benzene rings is 4. The van der Waals surface area contributed by atoms with Crippen LogP contribution in [-0.2, 0) is 0 Å². The second-order valence-electron chi connectivity index (χ2n) is 15.6. The van der Waals surface area contributed by atoms with Crippen molar-refractivity contribution in [2.75, 3.05) is 26.4 Å². The molecule has 0 aliphatic heterocycles. The van der Waals surface area contributed by atoms with Crippen molar-refractivity contribution in [1.29, 1.82) is 0 Å². The summed E-state index contributed by atoms with van der Waals surface area (Å²) in [6.07, 6.45) is 12.8. The van der Waals surface area contributed by atoms with E-state index in [0.717, 1.165) is 113 Å². The van der Waals surface area contributed by atoms with Gasteiger partial charge in [0.25, 0.3) is 0 Å². The molecule has 0 bridgehead atoms. The monoisotopic (exact) mass is 952 g/mol. The molecule has 8 aromatic rings. The Hall–Kier alpha value is -7.60. The van der Waals surface area contributed by atoms with Gasteiger partial charge in [-0.3, -0.25) is 0 Å². The molecular weight excluding hydrogens is 893 g/mol. The van der Waals surface area contributed by atoms with Gasteiger partial charge in [-0.15, -0.1) is 0 Å². The Bertz CT molecular complexity index is 2640. The molecule has 0 radical (unpaired) electrons. The number of hydrogen-bond acceptors (Lipinski definition) is 8. The summed E-state index contributed by atoms with van der Waals surface area (Å²) in [4.78, 5) is 14.5. The lowest BCUT2D eigenvalue weighted by Crippen LogP contribution is -1.96. The highest BCUT2D eigenvalue weighted by Gasteiger charge is 2.04. The van der Waals surface area contributed by atoms with E-state index in [2.05, 4.69) is 40.7 Å². The molecule has 0 spiro atoms. The summed E-state index contributed by atoms with van der Waals surface area (Å²) >= 11 is 0. The number of halogens is 4. The van der Waals surface area contributed by atoms with Crippen molar-refractivity contribution < 1.29 is 36.5 Å². The summed E-state index contributed by atoms with van der Waals surface area (Å²) < 4.78 is 72.8. The molecule has 0 N–H and O–H groups in total. The van der Waals surface area contributed by atoms with Crippen LogP contribution in [0.15, 0.2) is 170 Å². The molecule has 0 aliphatic rings. The number of rotatable bonds is 18. The van der Waals surface area contributed by atoms with Crippen molar-refractivity contribution in [3.63, 3.8) is 0 Å². The van der Waals surface area contributed by atoms with Crippen LogP contribution in [-0.4, -0.2) is 46.4 Å². The SMILES string of the molecule is CCCCCOc1ccc(-c2ccc(F)nc2)cc1.CCCCOc1ccc(-c2ccc(F)nc2)cc1.CCCOc1ccc(-c2ccc(F)nc2)cc1.CCOc1ccc(-c2ccc(F)nc2)cc1. The average Bonchev–Trinajstić information content (AvgIpc) is 3.40. The van der Waals surface area contributed by atoms with Crippen LogP contribution in [0.4, 0.5) is 17.6 Å². The first kappa shape index (κ1) is 53.4. The van der Waals surface area contributed by atoms with Crippen molar-refractivity contribution in [3.05, 3.63) is 194 Å². The third-order valence-electron chi connectivity index (χ3n) is 10.2. The normalized spacial score (nSPS) is 10.3. The first-order valence-corrected chi connectivity index (χ1v) is 23.6. The zero-order chi connectivity index (χ0) is 49.8. The van der Waals surface area contributed by atoms with Gasteiger partial charge in [0.1, 0.15) is 23.0 Å². The quantitative estimate of drug-likeness (QED) is 0.0477. The van der Waals surface area contributed by atoms with Crippen LogP contribution in [0.1, 0.15) is 66.2 Å². The first-order valence-electron chi connectivity index (χ1n) is 23.6. The summed E-state index contributed by atoms with van der Waals surface area (Å²) in [6.45, 7) is 11.2. The van der Waals surface area contributed by atoms with Crippen molar-refractivity contribution in [3.8, 4) is 67.5 Å². The second-order valence-corrected chi connectivity index (χ2v) is 15.6. The lowest BCUT2D eigenvalue weighted by atomic mass is 10.1. The molecule has 0 saturated carbocycles. The molecule has 12 heteroatoms. The van der Waals surface area contributed by atoms with Crippen molar-refractivity contribution >= 4 is 0 Å². The minimum Gasteiger partial charge on any atom is -0.494 e. The lowest BCUT2D eigenvalue weighted by Gasteiger charge is -2.07. The second kappa shape index (κ2) is 30.0. The molecule has 364 valence electrons. The molecule has 4 aromatic heterocycles. The third-order valence-corrected chi connectivity index (χ3v) is 10.2. The topological polar surface area (TPSA) is 88.5 Å². The molecule has 0 atom stereocenters. The van der Waals surface area contributed by atoms with Crippen LogP contribution in [0.25, 0.3) is 44.5 Å². The third kappa shape index (κ3) is 18.8. The fourth-order valence-corrected chi connectivity index (χ4v) is 6.42. The largest absolute Gasteiger partial charge is 0.494 e. The molecule has 4 heterocycles. The fraction of sp³-hybridized carbons (Fsp3) is 0.241. The molecule has 8 rings (SSSR count). The summed E-state index contributed by atoms with van der Waals surface area (Å²) in [6, 6.07) is 43.2. The lowest BCUT2D eigenvalue weighted by molar-refractivity contribution is 0.306. The van der Waals surface area contributed by atoms with Gasteiger partial charge in [0.05, 0.1) is 26.4 Å². The molecule has 0 amide bonds. The van der Waals surface area contributed by atoms with Gasteiger partial charge in [-0.2, -0.15) is 17.6 Å². The Morgan fingerprint density at radius 1 is 0.286 bits per heavy atom. The summed E-state index contributed by atoms with van der Waals surface area (Å²) in [5, 5.41) is 0. The smallest absolute Gasteiger partial charge is 0.212 e. The fourth-order valence-electron chi connectivity index (χ4n) is 6.42. The Morgan fingerprint density at radius 3 is 0.814 bits per heavy atom. The Balaban J connectivity index is 0.000000174.